The van der Waals surface area contributed by atoms with Crippen molar-refractivity contribution in [3.63, 3.8) is 0 Å². The van der Waals surface area contributed by atoms with Crippen molar-refractivity contribution in [2.75, 3.05) is 6.54 Å². The average molecular weight is 141 g/mol. The predicted molar refractivity (Wildman–Crippen MR) is 42.7 cm³/mol. The van der Waals surface area contributed by atoms with Crippen LogP contribution in [0.1, 0.15) is 26.7 Å². The Morgan fingerprint density at radius 3 is 2.50 bits per heavy atom. The fourth-order valence-corrected chi connectivity index (χ4v) is 0.524. The van der Waals surface area contributed by atoms with Crippen molar-refractivity contribution in [1.82, 2.24) is 5.32 Å². The van der Waals surface area contributed by atoms with E-state index >= 15 is 0 Å². The molecule has 2 nitrogen and oxygen atoms in total. The summed E-state index contributed by atoms with van der Waals surface area (Å²) < 4.78 is 0. The molecule has 0 fully saturated rings. The fraction of sp³-hybridized carbons (Fsp3) is 0.625. The Hall–Kier alpha value is -0.790. The van der Waals surface area contributed by atoms with Gasteiger partial charge in [-0.05, 0) is 12.8 Å². The van der Waals surface area contributed by atoms with Gasteiger partial charge in [0.2, 0.25) is 5.91 Å². The summed E-state index contributed by atoms with van der Waals surface area (Å²) in [5, 5.41) is 2.74. The van der Waals surface area contributed by atoms with Gasteiger partial charge in [-0.3, -0.25) is 4.79 Å². The molecule has 10 heavy (non-hydrogen) atoms. The minimum atomic E-state index is -0.00986. The second kappa shape index (κ2) is 5.03. The minimum Gasteiger partial charge on any atom is -0.352 e. The van der Waals surface area contributed by atoms with E-state index in [4.69, 9.17) is 0 Å². The molecule has 0 spiro atoms. The molecule has 0 atom stereocenters. The summed E-state index contributed by atoms with van der Waals surface area (Å²) in [4.78, 5) is 10.9. The second-order valence-electron chi connectivity index (χ2n) is 2.21. The SMILES string of the molecule is C=C(CC)C(=O)NCCC. The van der Waals surface area contributed by atoms with E-state index in [0.717, 1.165) is 19.4 Å². The molecular weight excluding hydrogens is 126 g/mol. The Labute approximate surface area is 62.3 Å². The van der Waals surface area contributed by atoms with Crippen molar-refractivity contribution in [3.05, 3.63) is 12.2 Å². The highest BCUT2D eigenvalue weighted by Gasteiger charge is 2.00. The number of carbonyl (C=O) groups excluding carboxylic acids is 1. The summed E-state index contributed by atoms with van der Waals surface area (Å²) in [6, 6.07) is 0. The van der Waals surface area contributed by atoms with Gasteiger partial charge in [-0.15, -0.1) is 0 Å². The number of rotatable bonds is 4. The maximum Gasteiger partial charge on any atom is 0.246 e. The third-order valence-corrected chi connectivity index (χ3v) is 1.28. The van der Waals surface area contributed by atoms with Crippen LogP contribution in [0.4, 0.5) is 0 Å². The van der Waals surface area contributed by atoms with Crippen LogP contribution >= 0.6 is 0 Å². The summed E-state index contributed by atoms with van der Waals surface area (Å²) >= 11 is 0. The zero-order chi connectivity index (χ0) is 7.98. The van der Waals surface area contributed by atoms with Crippen molar-refractivity contribution in [1.29, 1.82) is 0 Å². The molecule has 0 saturated heterocycles. The van der Waals surface area contributed by atoms with Crippen molar-refractivity contribution in [3.8, 4) is 0 Å². The van der Waals surface area contributed by atoms with E-state index in [-0.39, 0.29) is 5.91 Å². The molecular formula is C8H15NO. The first-order chi connectivity index (χ1) is 4.72. The largest absolute Gasteiger partial charge is 0.352 e. The van der Waals surface area contributed by atoms with Crippen molar-refractivity contribution < 1.29 is 4.79 Å². The molecule has 58 valence electrons. The number of amides is 1. The summed E-state index contributed by atoms with van der Waals surface area (Å²) in [5.74, 6) is -0.00986. The minimum absolute atomic E-state index is 0.00986. The van der Waals surface area contributed by atoms with E-state index in [0.29, 0.717) is 5.57 Å². The van der Waals surface area contributed by atoms with E-state index in [1.165, 1.54) is 0 Å². The molecule has 0 aromatic carbocycles. The molecule has 2 heteroatoms. The average Bonchev–Trinajstić information content (AvgIpc) is 1.98. The van der Waals surface area contributed by atoms with Crippen LogP contribution in [0.3, 0.4) is 0 Å². The lowest BCUT2D eigenvalue weighted by atomic mass is 10.2. The van der Waals surface area contributed by atoms with Gasteiger partial charge in [0.05, 0.1) is 0 Å². The van der Waals surface area contributed by atoms with E-state index in [9.17, 15) is 4.79 Å². The standard InChI is InChI=1S/C8H15NO/c1-4-6-9-8(10)7(3)5-2/h3-6H2,1-2H3,(H,9,10). The predicted octanol–water partition coefficient (Wildman–Crippen LogP) is 1.48. The number of nitrogens with one attached hydrogen (secondary N) is 1. The van der Waals surface area contributed by atoms with Crippen LogP contribution in [-0.4, -0.2) is 12.5 Å². The van der Waals surface area contributed by atoms with E-state index < -0.39 is 0 Å². The van der Waals surface area contributed by atoms with Gasteiger partial charge in [0, 0.05) is 12.1 Å². The normalized spacial score (nSPS) is 9.00. The zero-order valence-corrected chi connectivity index (χ0v) is 6.74. The third-order valence-electron chi connectivity index (χ3n) is 1.28. The van der Waals surface area contributed by atoms with Crippen LogP contribution in [0.15, 0.2) is 12.2 Å². The van der Waals surface area contributed by atoms with Gasteiger partial charge in [0.15, 0.2) is 0 Å². The Kier molecular flexibility index (Phi) is 4.63. The van der Waals surface area contributed by atoms with Crippen molar-refractivity contribution in [2.24, 2.45) is 0 Å². The Morgan fingerprint density at radius 1 is 1.50 bits per heavy atom. The monoisotopic (exact) mass is 141 g/mol. The van der Waals surface area contributed by atoms with Crippen LogP contribution < -0.4 is 5.32 Å². The molecule has 0 aliphatic heterocycles. The van der Waals surface area contributed by atoms with Crippen molar-refractivity contribution >= 4 is 5.91 Å². The first-order valence-corrected chi connectivity index (χ1v) is 3.68. The molecule has 0 aliphatic carbocycles. The Morgan fingerprint density at radius 2 is 2.10 bits per heavy atom. The van der Waals surface area contributed by atoms with Crippen molar-refractivity contribution in [2.45, 2.75) is 26.7 Å². The molecule has 0 bridgehead atoms. The van der Waals surface area contributed by atoms with Crippen LogP contribution in [0.25, 0.3) is 0 Å². The second-order valence-corrected chi connectivity index (χ2v) is 2.21. The number of hydrogen-bond acceptors (Lipinski definition) is 1. The Balaban J connectivity index is 3.52. The molecule has 0 heterocycles. The summed E-state index contributed by atoms with van der Waals surface area (Å²) in [7, 11) is 0. The van der Waals surface area contributed by atoms with E-state index in [2.05, 4.69) is 11.9 Å². The maximum atomic E-state index is 10.9. The zero-order valence-electron chi connectivity index (χ0n) is 6.74. The van der Waals surface area contributed by atoms with Gasteiger partial charge in [-0.2, -0.15) is 0 Å². The van der Waals surface area contributed by atoms with E-state index in [1.807, 2.05) is 13.8 Å². The molecule has 0 aromatic heterocycles. The molecule has 0 unspecified atom stereocenters. The van der Waals surface area contributed by atoms with Crippen LogP contribution in [0.5, 0.6) is 0 Å². The molecule has 0 rings (SSSR count). The lowest BCUT2D eigenvalue weighted by Gasteiger charge is -2.02. The maximum absolute atomic E-state index is 10.9. The number of hydrogen-bond donors (Lipinski definition) is 1. The van der Waals surface area contributed by atoms with Gasteiger partial charge in [0.1, 0.15) is 0 Å². The highest BCUT2D eigenvalue weighted by molar-refractivity contribution is 5.92. The molecule has 0 aromatic rings. The van der Waals surface area contributed by atoms with Crippen LogP contribution in [0.2, 0.25) is 0 Å². The van der Waals surface area contributed by atoms with Gasteiger partial charge < -0.3 is 5.32 Å². The lowest BCUT2D eigenvalue weighted by molar-refractivity contribution is -0.117. The molecule has 0 radical (unpaired) electrons. The van der Waals surface area contributed by atoms with Gasteiger partial charge >= 0.3 is 0 Å². The highest BCUT2D eigenvalue weighted by atomic mass is 16.1. The third kappa shape index (κ3) is 3.28. The van der Waals surface area contributed by atoms with Crippen LogP contribution in [0, 0.1) is 0 Å². The Bertz CT molecular complexity index is 129. The van der Waals surface area contributed by atoms with Crippen LogP contribution in [-0.2, 0) is 4.79 Å². The first-order valence-electron chi connectivity index (χ1n) is 3.68. The molecule has 1 amide bonds. The first kappa shape index (κ1) is 9.21. The highest BCUT2D eigenvalue weighted by Crippen LogP contribution is 1.94. The molecule has 1 N–H and O–H groups in total. The summed E-state index contributed by atoms with van der Waals surface area (Å²) in [5.41, 5.74) is 0.661. The summed E-state index contributed by atoms with van der Waals surface area (Å²) in [6.45, 7) is 8.31. The fourth-order valence-electron chi connectivity index (χ4n) is 0.524. The molecule has 0 aliphatic rings. The quantitative estimate of drug-likeness (QED) is 0.590. The number of carbonyl (C=O) groups is 1. The van der Waals surface area contributed by atoms with Gasteiger partial charge in [0.25, 0.3) is 0 Å². The van der Waals surface area contributed by atoms with Gasteiger partial charge in [-0.1, -0.05) is 20.4 Å². The topological polar surface area (TPSA) is 29.1 Å². The van der Waals surface area contributed by atoms with Gasteiger partial charge in [-0.25, -0.2) is 0 Å². The lowest BCUT2D eigenvalue weighted by Crippen LogP contribution is -2.24. The molecule has 0 saturated carbocycles. The smallest absolute Gasteiger partial charge is 0.246 e. The summed E-state index contributed by atoms with van der Waals surface area (Å²) in [6.07, 6.45) is 1.71. The van der Waals surface area contributed by atoms with E-state index in [1.54, 1.807) is 0 Å².